The van der Waals surface area contributed by atoms with Gasteiger partial charge in [-0.2, -0.15) is 15.3 Å². The second-order valence-corrected chi connectivity index (χ2v) is 27.4. The van der Waals surface area contributed by atoms with Crippen molar-refractivity contribution < 1.29 is 23.6 Å². The van der Waals surface area contributed by atoms with E-state index in [1.54, 1.807) is 70.0 Å². The minimum Gasteiger partial charge on any atom is -0.368 e. The number of hydrogen-bond donors (Lipinski definition) is 13. The van der Waals surface area contributed by atoms with Crippen molar-refractivity contribution in [3.63, 3.8) is 0 Å². The van der Waals surface area contributed by atoms with Gasteiger partial charge in [0, 0.05) is 153 Å². The Hall–Kier alpha value is -16.6. The molecule has 120 heavy (non-hydrogen) atoms. The van der Waals surface area contributed by atoms with Crippen molar-refractivity contribution >= 4 is 104 Å². The van der Waals surface area contributed by atoms with Crippen molar-refractivity contribution in [2.75, 3.05) is 46.6 Å². The molecule has 0 spiro atoms. The summed E-state index contributed by atoms with van der Waals surface area (Å²) < 4.78 is 24.0. The largest absolute Gasteiger partial charge is 0.368 e. The molecule has 1 aliphatic rings. The number of hydrogen-bond acceptors (Lipinski definition) is 18. The number of carbonyl (C=O) groups excluding carboxylic acids is 4. The number of aromatic nitrogens is 21. The Morgan fingerprint density at radius 3 is 1.48 bits per heavy atom. The van der Waals surface area contributed by atoms with Crippen LogP contribution >= 0.6 is 0 Å². The van der Waals surface area contributed by atoms with Crippen LogP contribution in [0.15, 0.2) is 243 Å². The Bertz CT molecular complexity index is 6710. The van der Waals surface area contributed by atoms with Crippen LogP contribution < -0.4 is 53.8 Å². The van der Waals surface area contributed by atoms with Crippen molar-refractivity contribution in [1.29, 1.82) is 0 Å². The number of carbonyl (C=O) groups is 4. The zero-order valence-electron chi connectivity index (χ0n) is 64.8. The number of nitrogens with two attached hydrogens (primary N) is 1. The maximum absolute atomic E-state index is 15.4. The highest BCUT2D eigenvalue weighted by Crippen LogP contribution is 2.37. The second kappa shape index (κ2) is 34.6. The summed E-state index contributed by atoms with van der Waals surface area (Å²) >= 11 is 0. The standard InChI is InChI=1S/C26H25N7O2.C22H19N7O.C19H17N7O.C17H16FN9O/c1-3-27-26(35)31-25-29-21-14-20(15-22(24(21)30-25)33-12-7-11-28-33)19-10-13-32(23(34)16-19)17(2)18-8-5-4-6-9-18;1-2-24-22(30)28-21-26-17-11-15(14-6-5-8-23-12-14)10-16(20(17)27-21)18-13-29-9-4-3-7-19(29)25-18;27-19(22-14-4-5-14)25-18-23-15-9-13(12-3-1-6-20-11-12)10-16(17(15)24-18)26-8-2-7-21-26;1-2-20-17(28)26-16-24-11-6-10(9-7-21-15(19)22-8-9)12(18)14(13(11)25-16)27-5-3-4-23-27/h4-17H,3H2,1-2H3,(H3,27,29,30,31,35);3-13H,2H2,1H3,(H3,24,26,27,28,30);1-3,6-11,14H,4-5H2,(H3,22,23,24,25,27);3-8H,2H2,1H3,(H2,19,21,22)(H3,20,24,25,26,28). The van der Waals surface area contributed by atoms with E-state index in [4.69, 9.17) is 10.7 Å². The lowest BCUT2D eigenvalue weighted by molar-refractivity contribution is 0.251. The monoisotopic (exact) mass is 1600 g/mol. The molecular formula is C84H77FN30O5. The number of nitrogens with one attached hydrogen (secondary N) is 12. The van der Waals surface area contributed by atoms with Crippen LogP contribution in [0.5, 0.6) is 0 Å². The van der Waals surface area contributed by atoms with Crippen LogP contribution in [0.25, 0.3) is 123 Å². The van der Waals surface area contributed by atoms with Crippen LogP contribution in [-0.2, 0) is 0 Å². The highest BCUT2D eigenvalue weighted by atomic mass is 19.1. The number of amides is 8. The number of imidazole rings is 5. The molecule has 19 rings (SSSR count). The Balaban J connectivity index is 0.000000120. The SMILES string of the molecule is CCNC(=O)Nc1nc2c(-c3cn4ccccc4n3)cc(-c3cccnc3)cc2[nH]1.CCNC(=O)Nc1nc2c(-n3cccn3)c(F)c(-c3cnc(N)nc3)cc2[nH]1.CCNC(=O)Nc1nc2c(-n3cccn3)cc(-c3ccn(C(C)c4ccccc4)c(=O)c3)cc2[nH]1.O=C(Nc1nc2c(-n3cccn3)cc(-c3cccnc3)cc2[nH]1)NC1CC1. The van der Waals surface area contributed by atoms with Crippen molar-refractivity contribution in [3.05, 3.63) is 260 Å². The average Bonchev–Trinajstić information content (AvgIpc) is 1.52. The van der Waals surface area contributed by atoms with E-state index in [9.17, 15) is 24.0 Å². The van der Waals surface area contributed by atoms with Crippen LogP contribution in [0.3, 0.4) is 0 Å². The van der Waals surface area contributed by atoms with Gasteiger partial charge in [-0.3, -0.25) is 36.0 Å². The summed E-state index contributed by atoms with van der Waals surface area (Å²) in [6, 6.07) is 44.9. The van der Waals surface area contributed by atoms with Gasteiger partial charge in [-0.25, -0.2) is 72.5 Å². The number of halogens is 1. The number of benzene rings is 5. The highest BCUT2D eigenvalue weighted by Gasteiger charge is 2.26. The van der Waals surface area contributed by atoms with Gasteiger partial charge in [0.2, 0.25) is 29.7 Å². The van der Waals surface area contributed by atoms with Crippen molar-refractivity contribution in [3.8, 4) is 72.8 Å². The summed E-state index contributed by atoms with van der Waals surface area (Å²) in [7, 11) is 0. The number of nitrogens with zero attached hydrogens (tertiary/aromatic N) is 17. The maximum Gasteiger partial charge on any atom is 0.321 e. The minimum atomic E-state index is -0.555. The summed E-state index contributed by atoms with van der Waals surface area (Å²) in [5.74, 6) is 0.820. The van der Waals surface area contributed by atoms with Gasteiger partial charge in [-0.15, -0.1) is 0 Å². The lowest BCUT2D eigenvalue weighted by atomic mass is 10.0. The van der Waals surface area contributed by atoms with Gasteiger partial charge in [0.25, 0.3) is 5.56 Å². The molecule has 36 heteroatoms. The number of fused-ring (bicyclic) bond motifs is 5. The molecule has 1 saturated carbocycles. The van der Waals surface area contributed by atoms with Gasteiger partial charge >= 0.3 is 24.1 Å². The molecule has 5 aromatic carbocycles. The summed E-state index contributed by atoms with van der Waals surface area (Å²) in [5.41, 5.74) is 22.2. The van der Waals surface area contributed by atoms with E-state index in [1.807, 2.05) is 190 Å². The summed E-state index contributed by atoms with van der Waals surface area (Å²) in [4.78, 5) is 112. The van der Waals surface area contributed by atoms with Crippen LogP contribution in [0.2, 0.25) is 0 Å². The molecule has 1 fully saturated rings. The van der Waals surface area contributed by atoms with Gasteiger partial charge in [0.05, 0.1) is 45.2 Å². The number of aromatic amines is 4. The molecule has 35 nitrogen and oxygen atoms in total. The van der Waals surface area contributed by atoms with E-state index in [1.165, 1.54) is 23.3 Å². The molecule has 8 amide bonds. The fourth-order valence-corrected chi connectivity index (χ4v) is 13.3. The van der Waals surface area contributed by atoms with Gasteiger partial charge in [-0.1, -0.05) is 48.5 Å². The van der Waals surface area contributed by atoms with E-state index >= 15 is 4.39 Å². The summed E-state index contributed by atoms with van der Waals surface area (Å²) in [6.07, 6.45) is 28.0. The van der Waals surface area contributed by atoms with Crippen molar-refractivity contribution in [2.45, 2.75) is 52.6 Å². The molecule has 1 aliphatic carbocycles. The maximum atomic E-state index is 15.4. The zero-order chi connectivity index (χ0) is 82.8. The zero-order valence-corrected chi connectivity index (χ0v) is 64.8. The second-order valence-electron chi connectivity index (χ2n) is 27.4. The predicted octanol–water partition coefficient (Wildman–Crippen LogP) is 13.6. The summed E-state index contributed by atoms with van der Waals surface area (Å²) in [5, 5.41) is 34.5. The lowest BCUT2D eigenvalue weighted by Crippen LogP contribution is -2.30. The highest BCUT2D eigenvalue weighted by molar-refractivity contribution is 6.00. The number of urea groups is 4. The Morgan fingerprint density at radius 2 is 0.975 bits per heavy atom. The summed E-state index contributed by atoms with van der Waals surface area (Å²) in [6.45, 7) is 9.00. The van der Waals surface area contributed by atoms with Gasteiger partial charge < -0.3 is 55.9 Å². The smallest absolute Gasteiger partial charge is 0.321 e. The molecule has 1 unspecified atom stereocenters. The van der Waals surface area contributed by atoms with E-state index < -0.39 is 11.8 Å². The normalized spacial score (nSPS) is 11.9. The first-order valence-electron chi connectivity index (χ1n) is 38.2. The fourth-order valence-electron chi connectivity index (χ4n) is 13.3. The van der Waals surface area contributed by atoms with E-state index in [0.717, 1.165) is 102 Å². The fraction of sp³-hybridized carbons (Fsp3) is 0.131. The Labute approximate surface area is 680 Å². The first kappa shape index (κ1) is 77.4. The molecule has 0 aliphatic heterocycles. The third-order valence-electron chi connectivity index (χ3n) is 19.1. The van der Waals surface area contributed by atoms with Crippen molar-refractivity contribution in [1.82, 2.24) is 124 Å². The molecule has 0 saturated heterocycles. The number of pyridine rings is 4. The van der Waals surface area contributed by atoms with Crippen LogP contribution in [-0.4, -0.2) is 153 Å². The topological polar surface area (TPSA) is 450 Å². The van der Waals surface area contributed by atoms with Crippen LogP contribution in [0.4, 0.5) is 53.3 Å². The quantitative estimate of drug-likeness (QED) is 0.0379. The van der Waals surface area contributed by atoms with Gasteiger partial charge in [-0.05, 0) is 159 Å². The number of rotatable bonds is 18. The van der Waals surface area contributed by atoms with E-state index in [0.29, 0.717) is 65.1 Å². The molecule has 0 bridgehead atoms. The Morgan fingerprint density at radius 1 is 0.475 bits per heavy atom. The number of H-pyrrole nitrogens is 4. The van der Waals surface area contributed by atoms with Crippen LogP contribution in [0.1, 0.15) is 52.1 Å². The van der Waals surface area contributed by atoms with Gasteiger partial charge in [0.15, 0.2) is 5.82 Å². The average molecular weight is 1610 g/mol. The predicted molar refractivity (Wildman–Crippen MR) is 455 cm³/mol. The Kier molecular flexibility index (Phi) is 22.3. The molecule has 1 atom stereocenters. The third-order valence-corrected chi connectivity index (χ3v) is 19.1. The van der Waals surface area contributed by atoms with E-state index in [-0.39, 0.29) is 58.9 Å². The first-order chi connectivity index (χ1) is 58.6. The van der Waals surface area contributed by atoms with E-state index in [2.05, 4.69) is 124 Å². The molecule has 14 N–H and O–H groups in total. The molecule has 13 aromatic heterocycles. The molecule has 0 radical (unpaired) electrons. The van der Waals surface area contributed by atoms with Crippen LogP contribution in [0, 0.1) is 5.82 Å². The lowest BCUT2D eigenvalue weighted by Gasteiger charge is -2.16. The first-order valence-corrected chi connectivity index (χ1v) is 38.2. The number of nitrogen functional groups attached to an aromatic ring is 1. The van der Waals surface area contributed by atoms with Gasteiger partial charge in [0.1, 0.15) is 33.4 Å². The van der Waals surface area contributed by atoms with Crippen molar-refractivity contribution in [2.24, 2.45) is 0 Å². The molecule has 600 valence electrons. The molecule has 18 aromatic rings. The molecule has 13 heterocycles. The minimum absolute atomic E-state index is 0.0876. The number of anilines is 5. The third kappa shape index (κ3) is 17.4. The molecular weight excluding hydrogens is 1530 g/mol.